The molecule has 0 fully saturated rings. The van der Waals surface area contributed by atoms with Crippen LogP contribution in [0.3, 0.4) is 0 Å². The highest BCUT2D eigenvalue weighted by Crippen LogP contribution is 2.36. The van der Waals surface area contributed by atoms with Gasteiger partial charge in [-0.25, -0.2) is 0 Å². The van der Waals surface area contributed by atoms with Crippen molar-refractivity contribution in [2.24, 2.45) is 7.05 Å². The van der Waals surface area contributed by atoms with Gasteiger partial charge in [0.2, 0.25) is 11.2 Å². The van der Waals surface area contributed by atoms with Gasteiger partial charge in [-0.1, -0.05) is 60.2 Å². The van der Waals surface area contributed by atoms with Crippen LogP contribution in [0.25, 0.3) is 49.7 Å². The summed E-state index contributed by atoms with van der Waals surface area (Å²) in [6.07, 6.45) is 0. The summed E-state index contributed by atoms with van der Waals surface area (Å²) < 4.78 is 13.4. The van der Waals surface area contributed by atoms with Crippen LogP contribution in [0.4, 0.5) is 0 Å². The summed E-state index contributed by atoms with van der Waals surface area (Å²) >= 11 is 0. The predicted octanol–water partition coefficient (Wildman–Crippen LogP) is 7.35. The fourth-order valence-electron chi connectivity index (χ4n) is 5.26. The Labute approximate surface area is 195 Å². The Morgan fingerprint density at radius 2 is 1.39 bits per heavy atom. The lowest BCUT2D eigenvalue weighted by Gasteiger charge is -2.15. The summed E-state index contributed by atoms with van der Waals surface area (Å²) in [4.78, 5) is 0. The Morgan fingerprint density at radius 3 is 2.21 bits per heavy atom. The standard InChI is InChI=1S/C31H27N2/c1-20-17-21(2)22(3)26(18-20)30-19-31(25-13-7-8-14-27(25)32(30)4)33-28-15-9-5-11-23(28)24-12-6-10-16-29(24)33/h5-19H,1-4H3/q+1/i15D. The van der Waals surface area contributed by atoms with Crippen LogP contribution in [-0.4, -0.2) is 4.57 Å². The lowest BCUT2D eigenvalue weighted by atomic mass is 9.96. The van der Waals surface area contributed by atoms with Crippen LogP contribution in [0.2, 0.25) is 0 Å². The van der Waals surface area contributed by atoms with Crippen molar-refractivity contribution in [3.63, 3.8) is 0 Å². The zero-order chi connectivity index (χ0) is 23.6. The van der Waals surface area contributed by atoms with Crippen molar-refractivity contribution in [3.05, 3.63) is 108 Å². The number of aryl methyl sites for hydroxylation is 3. The first kappa shape index (κ1) is 18.6. The molecule has 2 heteroatoms. The second-order valence-electron chi connectivity index (χ2n) is 9.03. The van der Waals surface area contributed by atoms with Crippen molar-refractivity contribution in [2.45, 2.75) is 20.8 Å². The highest BCUT2D eigenvalue weighted by Gasteiger charge is 2.23. The molecule has 0 aliphatic rings. The zero-order valence-electron chi connectivity index (χ0n) is 20.5. The molecule has 6 aromatic rings. The number of para-hydroxylation sites is 3. The monoisotopic (exact) mass is 428 g/mol. The van der Waals surface area contributed by atoms with Gasteiger partial charge in [0.1, 0.15) is 7.05 Å². The summed E-state index contributed by atoms with van der Waals surface area (Å²) in [6.45, 7) is 6.56. The zero-order valence-corrected chi connectivity index (χ0v) is 19.5. The molecule has 6 rings (SSSR count). The fourth-order valence-corrected chi connectivity index (χ4v) is 5.26. The van der Waals surface area contributed by atoms with Crippen molar-refractivity contribution in [3.8, 4) is 16.9 Å². The molecule has 0 amide bonds. The highest BCUT2D eigenvalue weighted by molar-refractivity contribution is 6.10. The lowest BCUT2D eigenvalue weighted by Crippen LogP contribution is -2.33. The third kappa shape index (κ3) is 2.91. The molecule has 0 aliphatic carbocycles. The topological polar surface area (TPSA) is 8.81 Å². The van der Waals surface area contributed by atoms with Crippen molar-refractivity contribution in [1.29, 1.82) is 0 Å². The molecule has 4 aromatic carbocycles. The average Bonchev–Trinajstić information content (AvgIpc) is 3.18. The van der Waals surface area contributed by atoms with E-state index in [9.17, 15) is 0 Å². The largest absolute Gasteiger partial charge is 0.308 e. The number of aromatic nitrogens is 2. The molecule has 0 N–H and O–H groups in total. The van der Waals surface area contributed by atoms with E-state index in [-0.39, 0.29) is 0 Å². The fraction of sp³-hybridized carbons (Fsp3) is 0.129. The van der Waals surface area contributed by atoms with Crippen molar-refractivity contribution >= 4 is 32.7 Å². The van der Waals surface area contributed by atoms with Gasteiger partial charge < -0.3 is 4.57 Å². The SMILES string of the molecule is [2H]c1cccc2c3ccccc3n(-c3cc(-c4cc(C)cc(C)c4C)[n+](C)c4ccccc34)c12. The first-order valence-corrected chi connectivity index (χ1v) is 11.4. The van der Waals surface area contributed by atoms with Gasteiger partial charge >= 0.3 is 0 Å². The lowest BCUT2D eigenvalue weighted by molar-refractivity contribution is -0.633. The van der Waals surface area contributed by atoms with Gasteiger partial charge in [0.05, 0.1) is 23.5 Å². The van der Waals surface area contributed by atoms with Crippen LogP contribution in [0.5, 0.6) is 0 Å². The summed E-state index contributed by atoms with van der Waals surface area (Å²) in [5.41, 5.74) is 10.6. The molecule has 0 atom stereocenters. The molecule has 0 bridgehead atoms. The molecule has 160 valence electrons. The first-order valence-electron chi connectivity index (χ1n) is 11.9. The molecule has 0 unspecified atom stereocenters. The molecule has 0 saturated carbocycles. The summed E-state index contributed by atoms with van der Waals surface area (Å²) in [5.74, 6) is 0. The van der Waals surface area contributed by atoms with E-state index in [4.69, 9.17) is 1.37 Å². The first-order chi connectivity index (χ1) is 16.5. The minimum Gasteiger partial charge on any atom is -0.308 e. The van der Waals surface area contributed by atoms with Crippen molar-refractivity contribution in [2.75, 3.05) is 0 Å². The van der Waals surface area contributed by atoms with Crippen LogP contribution in [0.15, 0.2) is 91.0 Å². The van der Waals surface area contributed by atoms with Crippen LogP contribution in [0, 0.1) is 20.8 Å². The summed E-state index contributed by atoms with van der Waals surface area (Å²) in [7, 11) is 2.15. The average molecular weight is 429 g/mol. The highest BCUT2D eigenvalue weighted by atomic mass is 15.0. The molecule has 33 heavy (non-hydrogen) atoms. The smallest absolute Gasteiger partial charge is 0.215 e. The van der Waals surface area contributed by atoms with E-state index in [1.807, 2.05) is 12.1 Å². The summed E-state index contributed by atoms with van der Waals surface area (Å²) in [6, 6.07) is 30.5. The molecule has 2 heterocycles. The maximum Gasteiger partial charge on any atom is 0.215 e. The number of nitrogens with zero attached hydrogens (tertiary/aromatic N) is 2. The van der Waals surface area contributed by atoms with E-state index in [1.54, 1.807) is 0 Å². The van der Waals surface area contributed by atoms with Crippen LogP contribution < -0.4 is 4.57 Å². The van der Waals surface area contributed by atoms with Gasteiger partial charge in [-0.15, -0.1) is 0 Å². The Morgan fingerprint density at radius 1 is 0.727 bits per heavy atom. The number of benzene rings is 4. The van der Waals surface area contributed by atoms with Gasteiger partial charge in [0, 0.05) is 28.5 Å². The van der Waals surface area contributed by atoms with Crippen LogP contribution >= 0.6 is 0 Å². The number of hydrogen-bond acceptors (Lipinski definition) is 0. The van der Waals surface area contributed by atoms with Crippen molar-refractivity contribution < 1.29 is 5.94 Å². The van der Waals surface area contributed by atoms with Gasteiger partial charge in [0.15, 0.2) is 0 Å². The maximum atomic E-state index is 8.82. The Bertz CT molecular complexity index is 1760. The molecular formula is C31H27N2+. The number of hydrogen-bond donors (Lipinski definition) is 0. The van der Waals surface area contributed by atoms with Gasteiger partial charge in [-0.2, -0.15) is 4.57 Å². The Balaban J connectivity index is 1.83. The Hall–Kier alpha value is -3.91. The maximum absolute atomic E-state index is 8.82. The number of fused-ring (bicyclic) bond motifs is 4. The minimum absolute atomic E-state index is 0.537. The molecule has 2 nitrogen and oxygen atoms in total. The van der Waals surface area contributed by atoms with E-state index in [2.05, 4.69) is 110 Å². The molecule has 0 saturated heterocycles. The predicted molar refractivity (Wildman–Crippen MR) is 139 cm³/mol. The van der Waals surface area contributed by atoms with E-state index < -0.39 is 0 Å². The molecule has 0 radical (unpaired) electrons. The van der Waals surface area contributed by atoms with Crippen molar-refractivity contribution in [1.82, 2.24) is 4.57 Å². The normalized spacial score (nSPS) is 12.1. The third-order valence-corrected chi connectivity index (χ3v) is 7.00. The van der Waals surface area contributed by atoms with Gasteiger partial charge in [-0.3, -0.25) is 0 Å². The Kier molecular flexibility index (Phi) is 4.13. The second kappa shape index (κ2) is 7.31. The van der Waals surface area contributed by atoms with E-state index in [0.717, 1.165) is 22.1 Å². The van der Waals surface area contributed by atoms with E-state index in [1.165, 1.54) is 44.2 Å². The van der Waals surface area contributed by atoms with E-state index >= 15 is 0 Å². The molecule has 0 spiro atoms. The van der Waals surface area contributed by atoms with Crippen LogP contribution in [0.1, 0.15) is 18.1 Å². The number of rotatable bonds is 2. The minimum atomic E-state index is 0.537. The van der Waals surface area contributed by atoms with Crippen LogP contribution in [-0.2, 0) is 7.05 Å². The molecule has 2 aromatic heterocycles. The quantitative estimate of drug-likeness (QED) is 0.255. The van der Waals surface area contributed by atoms with Gasteiger partial charge in [-0.05, 0) is 56.1 Å². The van der Waals surface area contributed by atoms with E-state index in [0.29, 0.717) is 6.04 Å². The molecular weight excluding hydrogens is 400 g/mol. The number of pyridine rings is 1. The van der Waals surface area contributed by atoms with Gasteiger partial charge in [0.25, 0.3) is 0 Å². The second-order valence-corrected chi connectivity index (χ2v) is 9.03. The molecule has 0 aliphatic heterocycles. The summed E-state index contributed by atoms with van der Waals surface area (Å²) in [5, 5.41) is 3.46. The third-order valence-electron chi connectivity index (χ3n) is 7.00.